The number of nitrogens with zero attached hydrogens (tertiary/aromatic N) is 1. The van der Waals surface area contributed by atoms with E-state index in [-0.39, 0.29) is 16.5 Å². The van der Waals surface area contributed by atoms with Gasteiger partial charge in [-0.2, -0.15) is 30.3 Å². The van der Waals surface area contributed by atoms with Crippen molar-refractivity contribution in [3.8, 4) is 0 Å². The van der Waals surface area contributed by atoms with E-state index in [0.29, 0.717) is 0 Å². The molecule has 1 rings (SSSR count). The van der Waals surface area contributed by atoms with Gasteiger partial charge < -0.3 is 4.84 Å². The molecule has 96 valence electrons. The second-order valence-corrected chi connectivity index (χ2v) is 8.28. The standard InChI is InChI=1S/C12H25NOS2/c1-9(2)8-10(3,4)13(14-7)11(5,6)12(9,15)16/h15-16H,8H2,1-7H3. The minimum atomic E-state index is -0.411. The molecule has 0 radical (unpaired) electrons. The second kappa shape index (κ2) is 3.81. The summed E-state index contributed by atoms with van der Waals surface area (Å²) in [6.07, 6.45) is 0.990. The van der Waals surface area contributed by atoms with Gasteiger partial charge >= 0.3 is 0 Å². The summed E-state index contributed by atoms with van der Waals surface area (Å²) >= 11 is 9.63. The quantitative estimate of drug-likeness (QED) is 0.556. The first-order valence-corrected chi connectivity index (χ1v) is 6.59. The molecule has 0 aromatic heterocycles. The lowest BCUT2D eigenvalue weighted by atomic mass is 9.66. The Balaban J connectivity index is 3.30. The molecule has 1 aliphatic heterocycles. The van der Waals surface area contributed by atoms with E-state index in [4.69, 9.17) is 30.1 Å². The summed E-state index contributed by atoms with van der Waals surface area (Å²) < 4.78 is -0.411. The van der Waals surface area contributed by atoms with Gasteiger partial charge in [-0.15, -0.1) is 0 Å². The van der Waals surface area contributed by atoms with E-state index < -0.39 is 4.08 Å². The smallest absolute Gasteiger partial charge is 0.0804 e. The van der Waals surface area contributed by atoms with Crippen molar-refractivity contribution in [2.75, 3.05) is 7.11 Å². The van der Waals surface area contributed by atoms with Gasteiger partial charge in [0.15, 0.2) is 0 Å². The molecule has 0 aliphatic carbocycles. The zero-order valence-electron chi connectivity index (χ0n) is 11.5. The minimum Gasteiger partial charge on any atom is -0.301 e. The fourth-order valence-corrected chi connectivity index (χ4v) is 3.82. The van der Waals surface area contributed by atoms with Crippen LogP contribution >= 0.6 is 25.3 Å². The molecule has 0 N–H and O–H groups in total. The molecule has 1 saturated heterocycles. The van der Waals surface area contributed by atoms with Gasteiger partial charge in [0.25, 0.3) is 0 Å². The van der Waals surface area contributed by atoms with Crippen LogP contribution in [0, 0.1) is 5.41 Å². The monoisotopic (exact) mass is 263 g/mol. The Kier molecular flexibility index (Phi) is 3.49. The number of hydroxylamine groups is 2. The molecular formula is C12H25NOS2. The topological polar surface area (TPSA) is 12.5 Å². The molecule has 1 heterocycles. The van der Waals surface area contributed by atoms with Gasteiger partial charge in [-0.25, -0.2) is 0 Å². The van der Waals surface area contributed by atoms with Crippen LogP contribution in [-0.4, -0.2) is 27.3 Å². The van der Waals surface area contributed by atoms with E-state index in [1.54, 1.807) is 7.11 Å². The summed E-state index contributed by atoms with van der Waals surface area (Å²) in [5.41, 5.74) is -0.239. The van der Waals surface area contributed by atoms with Crippen molar-refractivity contribution in [3.05, 3.63) is 0 Å². The molecule has 2 nitrogen and oxygen atoms in total. The third-order valence-electron chi connectivity index (χ3n) is 3.91. The van der Waals surface area contributed by atoms with E-state index in [2.05, 4.69) is 41.5 Å². The predicted octanol–water partition coefficient (Wildman–Crippen LogP) is 3.39. The normalized spacial score (nSPS) is 31.3. The summed E-state index contributed by atoms with van der Waals surface area (Å²) in [6.45, 7) is 13.1. The fourth-order valence-electron chi connectivity index (χ4n) is 3.48. The van der Waals surface area contributed by atoms with Crippen molar-refractivity contribution >= 4 is 25.3 Å². The highest BCUT2D eigenvalue weighted by molar-refractivity contribution is 8.00. The first kappa shape index (κ1) is 14.7. The highest BCUT2D eigenvalue weighted by Gasteiger charge is 2.62. The number of hydrogen-bond acceptors (Lipinski definition) is 4. The van der Waals surface area contributed by atoms with Gasteiger partial charge in [0, 0.05) is 5.54 Å². The van der Waals surface area contributed by atoms with Gasteiger partial charge in [-0.1, -0.05) is 13.8 Å². The molecule has 16 heavy (non-hydrogen) atoms. The second-order valence-electron chi connectivity index (χ2n) is 6.58. The lowest BCUT2D eigenvalue weighted by molar-refractivity contribution is -0.280. The number of piperidine rings is 1. The maximum atomic E-state index is 5.59. The Morgan fingerprint density at radius 3 is 1.81 bits per heavy atom. The Morgan fingerprint density at radius 1 is 1.00 bits per heavy atom. The van der Waals surface area contributed by atoms with Crippen LogP contribution in [0.25, 0.3) is 0 Å². The maximum Gasteiger partial charge on any atom is 0.0804 e. The lowest BCUT2D eigenvalue weighted by Gasteiger charge is -2.64. The molecule has 0 saturated carbocycles. The maximum absolute atomic E-state index is 5.59. The summed E-state index contributed by atoms with van der Waals surface area (Å²) in [5, 5.41) is 2.03. The van der Waals surface area contributed by atoms with Crippen LogP contribution in [0.4, 0.5) is 0 Å². The molecule has 0 spiro atoms. The third kappa shape index (κ3) is 1.82. The Morgan fingerprint density at radius 2 is 1.44 bits per heavy atom. The molecule has 0 amide bonds. The molecule has 1 aliphatic rings. The summed E-state index contributed by atoms with van der Waals surface area (Å²) in [5.74, 6) is 0. The van der Waals surface area contributed by atoms with E-state index >= 15 is 0 Å². The zero-order chi connectivity index (χ0) is 13.0. The summed E-state index contributed by atoms with van der Waals surface area (Å²) in [6, 6.07) is 0. The Hall–Kier alpha value is 0.620. The van der Waals surface area contributed by atoms with Crippen molar-refractivity contribution in [2.24, 2.45) is 5.41 Å². The molecule has 0 atom stereocenters. The van der Waals surface area contributed by atoms with E-state index in [9.17, 15) is 0 Å². The Bertz CT molecular complexity index is 285. The molecule has 0 aromatic rings. The van der Waals surface area contributed by atoms with E-state index in [0.717, 1.165) is 6.42 Å². The van der Waals surface area contributed by atoms with Crippen molar-refractivity contribution in [1.82, 2.24) is 5.06 Å². The largest absolute Gasteiger partial charge is 0.301 e. The van der Waals surface area contributed by atoms with Crippen LogP contribution in [0.2, 0.25) is 0 Å². The van der Waals surface area contributed by atoms with Gasteiger partial charge in [0.05, 0.1) is 16.7 Å². The average molecular weight is 263 g/mol. The van der Waals surface area contributed by atoms with E-state index in [1.807, 2.05) is 5.06 Å². The van der Waals surface area contributed by atoms with Gasteiger partial charge in [-0.3, -0.25) is 0 Å². The van der Waals surface area contributed by atoms with Crippen molar-refractivity contribution in [2.45, 2.75) is 63.1 Å². The van der Waals surface area contributed by atoms with Crippen molar-refractivity contribution in [1.29, 1.82) is 0 Å². The fraction of sp³-hybridized carbons (Fsp3) is 1.00. The van der Waals surface area contributed by atoms with Crippen LogP contribution in [0.5, 0.6) is 0 Å². The van der Waals surface area contributed by atoms with E-state index in [1.165, 1.54) is 0 Å². The molecule has 1 fully saturated rings. The SMILES string of the molecule is CON1C(C)(C)CC(C)(C)C(S)(S)C1(C)C. The molecule has 0 bridgehead atoms. The third-order valence-corrected chi connectivity index (χ3v) is 6.22. The molecular weight excluding hydrogens is 238 g/mol. The van der Waals surface area contributed by atoms with Crippen LogP contribution in [0.3, 0.4) is 0 Å². The highest BCUT2D eigenvalue weighted by Crippen LogP contribution is 2.59. The number of rotatable bonds is 1. The minimum absolute atomic E-state index is 0.0172. The van der Waals surface area contributed by atoms with Gasteiger partial charge in [0.2, 0.25) is 0 Å². The highest BCUT2D eigenvalue weighted by atomic mass is 32.2. The summed E-state index contributed by atoms with van der Waals surface area (Å²) in [4.78, 5) is 5.59. The molecule has 4 heteroatoms. The predicted molar refractivity (Wildman–Crippen MR) is 76.1 cm³/mol. The molecule has 0 unspecified atom stereocenters. The van der Waals surface area contributed by atoms with Crippen LogP contribution in [0.1, 0.15) is 48.0 Å². The van der Waals surface area contributed by atoms with Crippen LogP contribution in [0.15, 0.2) is 0 Å². The van der Waals surface area contributed by atoms with Gasteiger partial charge in [-0.05, 0) is 39.5 Å². The summed E-state index contributed by atoms with van der Waals surface area (Å²) in [7, 11) is 1.72. The van der Waals surface area contributed by atoms with Gasteiger partial charge in [0.1, 0.15) is 0 Å². The zero-order valence-corrected chi connectivity index (χ0v) is 13.2. The van der Waals surface area contributed by atoms with Crippen molar-refractivity contribution in [3.63, 3.8) is 0 Å². The first-order valence-electron chi connectivity index (χ1n) is 5.69. The first-order chi connectivity index (χ1) is 6.90. The van der Waals surface area contributed by atoms with Crippen molar-refractivity contribution < 1.29 is 4.84 Å². The Labute approximate surface area is 111 Å². The average Bonchev–Trinajstić information content (AvgIpc) is 1.98. The number of thiol groups is 2. The van der Waals surface area contributed by atoms with Crippen LogP contribution < -0.4 is 0 Å². The van der Waals surface area contributed by atoms with Crippen LogP contribution in [-0.2, 0) is 4.84 Å². The molecule has 0 aromatic carbocycles. The lowest BCUT2D eigenvalue weighted by Crippen LogP contribution is -2.71. The number of hydrogen-bond donors (Lipinski definition) is 2.